The topological polar surface area (TPSA) is 0 Å². The molecule has 0 aromatic heterocycles. The maximum Gasteiger partial charge on any atom is 0.0347 e. The first-order valence-corrected chi connectivity index (χ1v) is 12.3. The molecular weight excluding hydrogens is 372 g/mol. The van der Waals surface area contributed by atoms with E-state index in [1.54, 1.807) is 6.08 Å². The van der Waals surface area contributed by atoms with Gasteiger partial charge in [-0.15, -0.1) is 0 Å². The molecular formula is C31H48. The largest absolute Gasteiger partial charge is 0.0991 e. The minimum Gasteiger partial charge on any atom is -0.0991 e. The second kappa shape index (κ2) is 16.7. The molecule has 0 aromatic carbocycles. The average Bonchev–Trinajstić information content (AvgIpc) is 3.45. The van der Waals surface area contributed by atoms with Crippen LogP contribution < -0.4 is 0 Å². The van der Waals surface area contributed by atoms with Gasteiger partial charge in [-0.05, 0) is 65.7 Å². The quantitative estimate of drug-likeness (QED) is 0.243. The number of allylic oxidation sites excluding steroid dienone is 11. The van der Waals surface area contributed by atoms with Crippen LogP contribution in [-0.2, 0) is 0 Å². The van der Waals surface area contributed by atoms with Crippen LogP contribution in [0.25, 0.3) is 0 Å². The van der Waals surface area contributed by atoms with E-state index < -0.39 is 0 Å². The third-order valence-corrected chi connectivity index (χ3v) is 5.98. The number of hydrogen-bond donors (Lipinski definition) is 0. The van der Waals surface area contributed by atoms with Crippen LogP contribution >= 0.6 is 0 Å². The summed E-state index contributed by atoms with van der Waals surface area (Å²) in [5.41, 5.74) is 5.70. The number of hydrogen-bond acceptors (Lipinski definition) is 0. The minimum absolute atomic E-state index is 0.338. The normalized spacial score (nSPS) is 21.9. The lowest BCUT2D eigenvalue weighted by atomic mass is 9.98. The molecule has 0 heterocycles. The first kappa shape index (κ1) is 29.0. The summed E-state index contributed by atoms with van der Waals surface area (Å²) in [5, 5.41) is 0. The molecule has 2 atom stereocenters. The van der Waals surface area contributed by atoms with Crippen molar-refractivity contribution in [2.24, 2.45) is 11.3 Å². The molecule has 0 aliphatic heterocycles. The van der Waals surface area contributed by atoms with Gasteiger partial charge < -0.3 is 0 Å². The maximum absolute atomic E-state index is 3.69. The summed E-state index contributed by atoms with van der Waals surface area (Å²) in [6, 6.07) is 0. The van der Waals surface area contributed by atoms with Crippen LogP contribution in [0.1, 0.15) is 100 Å². The molecule has 31 heavy (non-hydrogen) atoms. The van der Waals surface area contributed by atoms with Gasteiger partial charge in [-0.1, -0.05) is 118 Å². The molecule has 0 saturated heterocycles. The molecule has 1 aliphatic rings. The highest BCUT2D eigenvalue weighted by Crippen LogP contribution is 2.57. The van der Waals surface area contributed by atoms with Gasteiger partial charge in [0.15, 0.2) is 0 Å². The van der Waals surface area contributed by atoms with Crippen LogP contribution in [0.4, 0.5) is 0 Å². The molecule has 0 aromatic rings. The van der Waals surface area contributed by atoms with Crippen LogP contribution in [0.15, 0.2) is 71.4 Å². The van der Waals surface area contributed by atoms with Gasteiger partial charge in [0.05, 0.1) is 0 Å². The van der Waals surface area contributed by atoms with E-state index in [4.69, 9.17) is 0 Å². The second-order valence-electron chi connectivity index (χ2n) is 8.78. The summed E-state index contributed by atoms with van der Waals surface area (Å²) in [4.78, 5) is 0. The Morgan fingerprint density at radius 1 is 1.00 bits per heavy atom. The monoisotopic (exact) mass is 420 g/mol. The zero-order chi connectivity index (χ0) is 23.7. The average molecular weight is 421 g/mol. The van der Waals surface area contributed by atoms with Crippen LogP contribution in [0.3, 0.4) is 0 Å². The molecule has 0 spiro atoms. The lowest BCUT2D eigenvalue weighted by molar-refractivity contribution is 0.536. The van der Waals surface area contributed by atoms with Crippen molar-refractivity contribution in [1.82, 2.24) is 0 Å². The Hall–Kier alpha value is -2.00. The SMILES string of the molecule is C=C/C=C\C=C(\C#CC1(CC)CC1CCC)CCC.C\C=C(C)/C=C(C)\C=C(/C)CC. The molecule has 0 radical (unpaired) electrons. The van der Waals surface area contributed by atoms with E-state index in [1.165, 1.54) is 48.0 Å². The summed E-state index contributed by atoms with van der Waals surface area (Å²) in [7, 11) is 0. The Balaban J connectivity index is 0.000000649. The fraction of sp³-hybridized carbons (Fsp3) is 0.548. The van der Waals surface area contributed by atoms with E-state index in [2.05, 4.69) is 98.1 Å². The highest BCUT2D eigenvalue weighted by Gasteiger charge is 2.50. The Kier molecular flexibility index (Phi) is 15.6. The van der Waals surface area contributed by atoms with Gasteiger partial charge in [-0.2, -0.15) is 0 Å². The lowest BCUT2D eigenvalue weighted by Gasteiger charge is -2.06. The van der Waals surface area contributed by atoms with E-state index >= 15 is 0 Å². The fourth-order valence-corrected chi connectivity index (χ4v) is 3.67. The van der Waals surface area contributed by atoms with Crippen molar-refractivity contribution in [3.8, 4) is 11.8 Å². The lowest BCUT2D eigenvalue weighted by Crippen LogP contribution is -1.99. The van der Waals surface area contributed by atoms with Crippen molar-refractivity contribution in [3.05, 3.63) is 71.4 Å². The molecule has 1 rings (SSSR count). The molecule has 172 valence electrons. The zero-order valence-electron chi connectivity index (χ0n) is 21.8. The van der Waals surface area contributed by atoms with E-state index in [0.29, 0.717) is 5.41 Å². The molecule has 0 heteroatoms. The van der Waals surface area contributed by atoms with Crippen molar-refractivity contribution in [1.29, 1.82) is 0 Å². The molecule has 1 aliphatic carbocycles. The van der Waals surface area contributed by atoms with Crippen molar-refractivity contribution in [3.63, 3.8) is 0 Å². The second-order valence-corrected chi connectivity index (χ2v) is 8.78. The molecule has 1 fully saturated rings. The van der Waals surface area contributed by atoms with Crippen LogP contribution in [0.2, 0.25) is 0 Å². The van der Waals surface area contributed by atoms with Gasteiger partial charge in [0.1, 0.15) is 0 Å². The van der Waals surface area contributed by atoms with Crippen LogP contribution in [0.5, 0.6) is 0 Å². The summed E-state index contributed by atoms with van der Waals surface area (Å²) in [5.74, 6) is 7.88. The Labute approximate surface area is 195 Å². The highest BCUT2D eigenvalue weighted by atomic mass is 14.5. The summed E-state index contributed by atoms with van der Waals surface area (Å²) < 4.78 is 0. The van der Waals surface area contributed by atoms with E-state index in [9.17, 15) is 0 Å². The molecule has 0 bridgehead atoms. The maximum atomic E-state index is 3.69. The van der Waals surface area contributed by atoms with Crippen LogP contribution in [-0.4, -0.2) is 0 Å². The molecule has 2 unspecified atom stereocenters. The third-order valence-electron chi connectivity index (χ3n) is 5.98. The van der Waals surface area contributed by atoms with E-state index in [-0.39, 0.29) is 0 Å². The summed E-state index contributed by atoms with van der Waals surface area (Å²) >= 11 is 0. The first-order valence-electron chi connectivity index (χ1n) is 12.3. The standard InChI is InChI=1S/C19H28.C12H20/c1-5-9-10-13-17(11-6-2)14-15-19(8-4)16-18(19)12-7-3;1-6-10(3)8-12(5)9-11(4)7-2/h5,9-10,13,18H,1,6-8,11-12,16H2,2-4H3;6,8-9H,7H2,1-5H3/b10-9-,17-13+;10-6-,11-9+,12-8-. The number of rotatable bonds is 10. The van der Waals surface area contributed by atoms with Gasteiger partial charge in [-0.25, -0.2) is 0 Å². The van der Waals surface area contributed by atoms with Crippen molar-refractivity contribution in [2.75, 3.05) is 0 Å². The predicted molar refractivity (Wildman–Crippen MR) is 143 cm³/mol. The van der Waals surface area contributed by atoms with Gasteiger partial charge in [0.2, 0.25) is 0 Å². The van der Waals surface area contributed by atoms with Gasteiger partial charge >= 0.3 is 0 Å². The Morgan fingerprint density at radius 3 is 2.23 bits per heavy atom. The molecule has 0 N–H and O–H groups in total. The minimum atomic E-state index is 0.338. The zero-order valence-corrected chi connectivity index (χ0v) is 21.8. The van der Waals surface area contributed by atoms with Crippen molar-refractivity contribution < 1.29 is 0 Å². The van der Waals surface area contributed by atoms with Gasteiger partial charge in [0, 0.05) is 11.0 Å². The third kappa shape index (κ3) is 12.4. The predicted octanol–water partition coefficient (Wildman–Crippen LogP) is 9.93. The van der Waals surface area contributed by atoms with E-state index in [1.807, 2.05) is 12.2 Å². The Morgan fingerprint density at radius 2 is 1.71 bits per heavy atom. The fourth-order valence-electron chi connectivity index (χ4n) is 3.67. The smallest absolute Gasteiger partial charge is 0.0347 e. The molecule has 0 nitrogen and oxygen atoms in total. The molecule has 0 amide bonds. The summed E-state index contributed by atoms with van der Waals surface area (Å²) in [6.07, 6.45) is 23.0. The summed E-state index contributed by atoms with van der Waals surface area (Å²) in [6.45, 7) is 21.1. The Bertz CT molecular complexity index is 739. The van der Waals surface area contributed by atoms with Gasteiger partial charge in [-0.3, -0.25) is 0 Å². The van der Waals surface area contributed by atoms with Crippen LogP contribution in [0, 0.1) is 23.2 Å². The van der Waals surface area contributed by atoms with Crippen molar-refractivity contribution >= 4 is 0 Å². The molecule has 1 saturated carbocycles. The highest BCUT2D eigenvalue weighted by molar-refractivity contribution is 5.37. The first-order chi connectivity index (χ1) is 14.8. The van der Waals surface area contributed by atoms with Gasteiger partial charge in [0.25, 0.3) is 0 Å². The van der Waals surface area contributed by atoms with Crippen molar-refractivity contribution in [2.45, 2.75) is 100 Å². The van der Waals surface area contributed by atoms with E-state index in [0.717, 1.165) is 25.2 Å².